The maximum Gasteiger partial charge on any atom is 0.338 e. The fraction of sp³-hybridized carbons (Fsp3) is 0.400. The second kappa shape index (κ2) is 9.24. The zero-order valence-electron chi connectivity index (χ0n) is 17.1. The largest absolute Gasteiger partial charge is 0.452 e. The second-order valence-corrected chi connectivity index (χ2v) is 8.19. The smallest absolute Gasteiger partial charge is 0.338 e. The third-order valence-corrected chi connectivity index (χ3v) is 6.31. The number of ketones is 1. The number of rotatable bonds is 5. The average molecular weight is 405 g/mol. The zero-order chi connectivity index (χ0) is 20.9. The Morgan fingerprint density at radius 3 is 2.20 bits per heavy atom. The Morgan fingerprint density at radius 1 is 0.800 bits per heavy atom. The monoisotopic (exact) mass is 405 g/mol. The van der Waals surface area contributed by atoms with E-state index in [9.17, 15) is 14.4 Å². The van der Waals surface area contributed by atoms with E-state index in [2.05, 4.69) is 0 Å². The van der Waals surface area contributed by atoms with Crippen LogP contribution >= 0.6 is 0 Å². The van der Waals surface area contributed by atoms with Crippen molar-refractivity contribution in [3.8, 4) is 0 Å². The molecule has 0 aromatic heterocycles. The van der Waals surface area contributed by atoms with Crippen molar-refractivity contribution >= 4 is 17.7 Å². The number of nitrogens with zero attached hydrogens (tertiary/aromatic N) is 1. The first-order valence-corrected chi connectivity index (χ1v) is 10.8. The van der Waals surface area contributed by atoms with Gasteiger partial charge in [-0.25, -0.2) is 4.79 Å². The molecular weight excluding hydrogens is 378 g/mol. The van der Waals surface area contributed by atoms with Gasteiger partial charge in [-0.05, 0) is 43.7 Å². The molecule has 2 aromatic carbocycles. The molecule has 5 nitrogen and oxygen atoms in total. The van der Waals surface area contributed by atoms with E-state index >= 15 is 0 Å². The van der Waals surface area contributed by atoms with E-state index < -0.39 is 5.97 Å². The fourth-order valence-corrected chi connectivity index (χ4v) is 4.74. The quantitative estimate of drug-likeness (QED) is 0.551. The molecule has 1 amide bonds. The molecule has 5 heteroatoms. The molecule has 1 heterocycles. The van der Waals surface area contributed by atoms with E-state index in [1.54, 1.807) is 36.4 Å². The summed E-state index contributed by atoms with van der Waals surface area (Å²) < 4.78 is 5.29. The summed E-state index contributed by atoms with van der Waals surface area (Å²) in [7, 11) is 0. The highest BCUT2D eigenvalue weighted by atomic mass is 16.5. The molecule has 0 unspecified atom stereocenters. The molecule has 4 rings (SSSR count). The molecule has 0 bridgehead atoms. The van der Waals surface area contributed by atoms with E-state index in [4.69, 9.17) is 4.74 Å². The lowest BCUT2D eigenvalue weighted by atomic mass is 9.78. The molecule has 2 aliphatic rings. The highest BCUT2D eigenvalue weighted by Gasteiger charge is 2.35. The van der Waals surface area contributed by atoms with Gasteiger partial charge >= 0.3 is 5.97 Å². The van der Waals surface area contributed by atoms with Crippen LogP contribution in [0.4, 0.5) is 0 Å². The molecular formula is C25H27NO4. The zero-order valence-corrected chi connectivity index (χ0v) is 17.1. The van der Waals surface area contributed by atoms with Crippen LogP contribution in [0.3, 0.4) is 0 Å². The van der Waals surface area contributed by atoms with Gasteiger partial charge in [0, 0.05) is 23.7 Å². The van der Waals surface area contributed by atoms with Gasteiger partial charge in [0.25, 0.3) is 5.91 Å². The van der Waals surface area contributed by atoms with E-state index in [1.165, 1.54) is 25.7 Å². The van der Waals surface area contributed by atoms with Gasteiger partial charge in [0.1, 0.15) is 0 Å². The van der Waals surface area contributed by atoms with Crippen LogP contribution in [-0.2, 0) is 9.53 Å². The number of amides is 1. The number of piperidine rings is 1. The topological polar surface area (TPSA) is 63.7 Å². The van der Waals surface area contributed by atoms with Gasteiger partial charge < -0.3 is 9.64 Å². The van der Waals surface area contributed by atoms with E-state index in [0.717, 1.165) is 19.4 Å². The van der Waals surface area contributed by atoms with E-state index in [0.29, 0.717) is 28.7 Å². The summed E-state index contributed by atoms with van der Waals surface area (Å²) >= 11 is 0. The lowest BCUT2D eigenvalue weighted by Crippen LogP contribution is -2.50. The summed E-state index contributed by atoms with van der Waals surface area (Å²) in [5, 5.41) is 0. The maximum atomic E-state index is 12.7. The molecule has 0 spiro atoms. The van der Waals surface area contributed by atoms with Crippen molar-refractivity contribution in [3.05, 3.63) is 71.3 Å². The minimum absolute atomic E-state index is 0.0992. The molecule has 1 saturated heterocycles. The summed E-state index contributed by atoms with van der Waals surface area (Å²) in [6.45, 7) is 0.528. The number of esters is 1. The number of fused-ring (bicyclic) bond motifs is 1. The minimum atomic E-state index is -0.542. The number of benzene rings is 2. The molecule has 2 aromatic rings. The number of ether oxygens (including phenoxy) is 1. The van der Waals surface area contributed by atoms with Crippen LogP contribution in [-0.4, -0.2) is 41.8 Å². The van der Waals surface area contributed by atoms with Gasteiger partial charge in [-0.2, -0.15) is 0 Å². The highest BCUT2D eigenvalue weighted by Crippen LogP contribution is 2.35. The van der Waals surface area contributed by atoms with Crippen LogP contribution in [0.2, 0.25) is 0 Å². The predicted octanol–water partition coefficient (Wildman–Crippen LogP) is 4.26. The Bertz CT molecular complexity index is 905. The molecule has 0 N–H and O–H groups in total. The number of hydrogen-bond acceptors (Lipinski definition) is 4. The van der Waals surface area contributed by atoms with Crippen LogP contribution in [0.1, 0.15) is 64.8 Å². The first kappa shape index (κ1) is 20.3. The van der Waals surface area contributed by atoms with Crippen molar-refractivity contribution in [1.82, 2.24) is 4.90 Å². The van der Waals surface area contributed by atoms with Crippen LogP contribution in [0, 0.1) is 5.92 Å². The third-order valence-electron chi connectivity index (χ3n) is 6.31. The molecule has 30 heavy (non-hydrogen) atoms. The summed E-state index contributed by atoms with van der Waals surface area (Å²) in [4.78, 5) is 39.5. The van der Waals surface area contributed by atoms with Gasteiger partial charge in [-0.1, -0.05) is 55.3 Å². The Labute approximate surface area is 177 Å². The van der Waals surface area contributed by atoms with Crippen molar-refractivity contribution in [1.29, 1.82) is 0 Å². The van der Waals surface area contributed by atoms with Gasteiger partial charge in [0.2, 0.25) is 0 Å². The molecule has 2 atom stereocenters. The van der Waals surface area contributed by atoms with Crippen LogP contribution in [0.25, 0.3) is 0 Å². The molecule has 2 fully saturated rings. The van der Waals surface area contributed by atoms with Crippen molar-refractivity contribution in [3.63, 3.8) is 0 Å². The molecule has 156 valence electrons. The maximum absolute atomic E-state index is 12.7. The first-order chi connectivity index (χ1) is 14.6. The summed E-state index contributed by atoms with van der Waals surface area (Å²) in [6, 6.07) is 15.7. The van der Waals surface area contributed by atoms with E-state index in [1.807, 2.05) is 23.1 Å². The number of carbonyl (C=O) groups excluding carboxylic acids is 3. The Kier molecular flexibility index (Phi) is 6.26. The van der Waals surface area contributed by atoms with Gasteiger partial charge in [0.05, 0.1) is 5.56 Å². The number of hydrogen-bond donors (Lipinski definition) is 0. The normalized spacial score (nSPS) is 20.9. The summed E-state index contributed by atoms with van der Waals surface area (Å²) in [5.41, 5.74) is 1.44. The summed E-state index contributed by atoms with van der Waals surface area (Å²) in [6.07, 6.45) is 6.89. The lowest BCUT2D eigenvalue weighted by molar-refractivity contribution is -0.140. The fourth-order valence-electron chi connectivity index (χ4n) is 4.74. The number of likely N-dealkylation sites (tertiary alicyclic amines) is 1. The van der Waals surface area contributed by atoms with Crippen LogP contribution < -0.4 is 0 Å². The third kappa shape index (κ3) is 4.45. The molecule has 1 saturated carbocycles. The summed E-state index contributed by atoms with van der Waals surface area (Å²) in [5.74, 6) is -0.144. The SMILES string of the molecule is O=C(OCC(=O)N1CCC[C@@H]2CCCC[C@@H]21)c1ccc(C(=O)c2ccccc2)cc1. The standard InChI is InChI=1S/C25H27NO4/c27-23(26-16-6-10-18-7-4-5-11-22(18)26)17-30-25(29)21-14-12-20(13-15-21)24(28)19-8-2-1-3-9-19/h1-3,8-9,12-15,18,22H,4-7,10-11,16-17H2/t18-,22-/m0/s1. The first-order valence-electron chi connectivity index (χ1n) is 10.8. The molecule has 0 radical (unpaired) electrons. The van der Waals surface area contributed by atoms with Crippen molar-refractivity contribution in [2.75, 3.05) is 13.2 Å². The Balaban J connectivity index is 1.34. The van der Waals surface area contributed by atoms with E-state index in [-0.39, 0.29) is 18.3 Å². The minimum Gasteiger partial charge on any atom is -0.452 e. The van der Waals surface area contributed by atoms with Crippen LogP contribution in [0.15, 0.2) is 54.6 Å². The van der Waals surface area contributed by atoms with Gasteiger partial charge in [-0.15, -0.1) is 0 Å². The highest BCUT2D eigenvalue weighted by molar-refractivity contribution is 6.09. The Hall–Kier alpha value is -2.95. The van der Waals surface area contributed by atoms with Gasteiger partial charge in [-0.3, -0.25) is 9.59 Å². The van der Waals surface area contributed by atoms with Gasteiger partial charge in [0.15, 0.2) is 12.4 Å². The van der Waals surface area contributed by atoms with Crippen molar-refractivity contribution in [2.24, 2.45) is 5.92 Å². The van der Waals surface area contributed by atoms with Crippen molar-refractivity contribution in [2.45, 2.75) is 44.6 Å². The Morgan fingerprint density at radius 2 is 1.43 bits per heavy atom. The second-order valence-electron chi connectivity index (χ2n) is 8.19. The van der Waals surface area contributed by atoms with Crippen LogP contribution in [0.5, 0.6) is 0 Å². The molecule has 1 aliphatic heterocycles. The average Bonchev–Trinajstić information content (AvgIpc) is 2.82. The predicted molar refractivity (Wildman–Crippen MR) is 113 cm³/mol. The molecule has 1 aliphatic carbocycles. The lowest BCUT2D eigenvalue weighted by Gasteiger charge is -2.44. The number of carbonyl (C=O) groups is 3. The van der Waals surface area contributed by atoms with Crippen molar-refractivity contribution < 1.29 is 19.1 Å².